The number of alkyl halides is 3. The van der Waals surface area contributed by atoms with Gasteiger partial charge in [0.15, 0.2) is 5.69 Å². The summed E-state index contributed by atoms with van der Waals surface area (Å²) < 4.78 is 45.2. The Morgan fingerprint density at radius 3 is 2.78 bits per heavy atom. The third kappa shape index (κ3) is 3.85. The summed E-state index contributed by atoms with van der Waals surface area (Å²) in [6, 6.07) is 0.904. The molecule has 1 aliphatic carbocycles. The van der Waals surface area contributed by atoms with E-state index in [0.29, 0.717) is 12.3 Å². The van der Waals surface area contributed by atoms with Gasteiger partial charge < -0.3 is 10.1 Å². The Balaban J connectivity index is 1.66. The summed E-state index contributed by atoms with van der Waals surface area (Å²) in [5.41, 5.74) is -0.434. The minimum absolute atomic E-state index is 0.0230. The lowest BCUT2D eigenvalue weighted by atomic mass is 10.1. The van der Waals surface area contributed by atoms with Crippen LogP contribution in [0.25, 0.3) is 0 Å². The second-order valence-corrected chi connectivity index (χ2v) is 6.29. The molecule has 0 spiro atoms. The zero-order chi connectivity index (χ0) is 16.6. The summed E-state index contributed by atoms with van der Waals surface area (Å²) in [7, 11) is 0. The van der Waals surface area contributed by atoms with Crippen LogP contribution in [-0.4, -0.2) is 34.4 Å². The van der Waals surface area contributed by atoms with Crippen LogP contribution in [0, 0.1) is 0 Å². The van der Waals surface area contributed by atoms with Crippen LogP contribution in [-0.2, 0) is 22.3 Å². The maximum atomic E-state index is 12.8. The normalized spacial score (nSPS) is 23.0. The van der Waals surface area contributed by atoms with Gasteiger partial charge in [0.2, 0.25) is 5.91 Å². The molecule has 2 heterocycles. The second-order valence-electron chi connectivity index (χ2n) is 6.29. The lowest BCUT2D eigenvalue weighted by Gasteiger charge is -2.20. The largest absolute Gasteiger partial charge is 0.435 e. The van der Waals surface area contributed by atoms with Crippen LogP contribution < -0.4 is 5.32 Å². The molecule has 1 aliphatic heterocycles. The zero-order valence-corrected chi connectivity index (χ0v) is 12.9. The van der Waals surface area contributed by atoms with Crippen molar-refractivity contribution in [2.75, 3.05) is 6.61 Å². The number of hydrogen-bond donors (Lipinski definition) is 1. The maximum Gasteiger partial charge on any atom is 0.435 e. The molecule has 1 aromatic rings. The van der Waals surface area contributed by atoms with Gasteiger partial charge in [-0.2, -0.15) is 18.3 Å². The number of carbonyl (C=O) groups is 1. The van der Waals surface area contributed by atoms with Crippen molar-refractivity contribution in [1.82, 2.24) is 15.1 Å². The van der Waals surface area contributed by atoms with Crippen molar-refractivity contribution < 1.29 is 22.7 Å². The number of aromatic nitrogens is 2. The van der Waals surface area contributed by atoms with Crippen molar-refractivity contribution in [2.24, 2.45) is 0 Å². The summed E-state index contributed by atoms with van der Waals surface area (Å²) in [5, 5.41) is 6.39. The molecule has 2 fully saturated rings. The fraction of sp³-hybridized carbons (Fsp3) is 0.733. The molecule has 0 bridgehead atoms. The van der Waals surface area contributed by atoms with Crippen molar-refractivity contribution in [3.63, 3.8) is 0 Å². The SMILES string of the molecule is C[C@@H](NC(=O)Cn1nc(C(F)(F)F)cc1C1CC1)[C@@H]1CCCO1. The van der Waals surface area contributed by atoms with Gasteiger partial charge in [-0.1, -0.05) is 0 Å². The molecule has 0 unspecified atom stereocenters. The van der Waals surface area contributed by atoms with E-state index >= 15 is 0 Å². The Kier molecular flexibility index (Phi) is 4.35. The Bertz CT molecular complexity index is 575. The highest BCUT2D eigenvalue weighted by Gasteiger charge is 2.38. The first-order chi connectivity index (χ1) is 10.8. The van der Waals surface area contributed by atoms with Gasteiger partial charge in [-0.3, -0.25) is 9.48 Å². The van der Waals surface area contributed by atoms with Crippen LogP contribution >= 0.6 is 0 Å². The minimum Gasteiger partial charge on any atom is -0.376 e. The molecule has 23 heavy (non-hydrogen) atoms. The lowest BCUT2D eigenvalue weighted by Crippen LogP contribution is -2.42. The van der Waals surface area contributed by atoms with E-state index in [1.54, 1.807) is 0 Å². The van der Waals surface area contributed by atoms with E-state index in [2.05, 4.69) is 10.4 Å². The minimum atomic E-state index is -4.49. The van der Waals surface area contributed by atoms with Crippen LogP contribution in [0.1, 0.15) is 49.9 Å². The highest BCUT2D eigenvalue weighted by atomic mass is 19.4. The number of nitrogens with zero attached hydrogens (tertiary/aromatic N) is 2. The zero-order valence-electron chi connectivity index (χ0n) is 12.9. The Morgan fingerprint density at radius 1 is 1.48 bits per heavy atom. The van der Waals surface area contributed by atoms with Crippen LogP contribution in [0.2, 0.25) is 0 Å². The Hall–Kier alpha value is -1.57. The predicted molar refractivity (Wildman–Crippen MR) is 75.8 cm³/mol. The number of carbonyl (C=O) groups excluding carboxylic acids is 1. The van der Waals surface area contributed by atoms with E-state index in [1.165, 1.54) is 4.68 Å². The predicted octanol–water partition coefficient (Wildman–Crippen LogP) is 2.46. The van der Waals surface area contributed by atoms with E-state index in [-0.39, 0.29) is 30.5 Å². The number of rotatable bonds is 5. The molecule has 1 amide bonds. The fourth-order valence-electron chi connectivity index (χ4n) is 2.93. The average molecular weight is 331 g/mol. The molecule has 2 atom stereocenters. The number of amides is 1. The van der Waals surface area contributed by atoms with Gasteiger partial charge >= 0.3 is 6.18 Å². The van der Waals surface area contributed by atoms with E-state index in [4.69, 9.17) is 4.74 Å². The van der Waals surface area contributed by atoms with Gasteiger partial charge in [-0.15, -0.1) is 0 Å². The van der Waals surface area contributed by atoms with E-state index < -0.39 is 11.9 Å². The van der Waals surface area contributed by atoms with Crippen molar-refractivity contribution in [1.29, 1.82) is 0 Å². The van der Waals surface area contributed by atoms with Crippen LogP contribution in [0.3, 0.4) is 0 Å². The van der Waals surface area contributed by atoms with Crippen LogP contribution in [0.4, 0.5) is 13.2 Å². The highest BCUT2D eigenvalue weighted by molar-refractivity contribution is 5.76. The monoisotopic (exact) mass is 331 g/mol. The van der Waals surface area contributed by atoms with Crippen molar-refractivity contribution >= 4 is 5.91 Å². The molecule has 2 aliphatic rings. The number of ether oxygens (including phenoxy) is 1. The Morgan fingerprint density at radius 2 is 2.22 bits per heavy atom. The number of nitrogens with one attached hydrogen (secondary N) is 1. The molecule has 1 aromatic heterocycles. The third-order valence-corrected chi connectivity index (χ3v) is 4.30. The first-order valence-electron chi connectivity index (χ1n) is 7.90. The molecule has 0 radical (unpaired) electrons. The molecule has 5 nitrogen and oxygen atoms in total. The molecule has 3 rings (SSSR count). The third-order valence-electron chi connectivity index (χ3n) is 4.30. The van der Waals surface area contributed by atoms with Gasteiger partial charge in [0.05, 0.1) is 12.1 Å². The summed E-state index contributed by atoms with van der Waals surface area (Å²) in [5.74, 6) is -0.256. The van der Waals surface area contributed by atoms with Gasteiger partial charge in [0.1, 0.15) is 6.54 Å². The number of halogens is 3. The quantitative estimate of drug-likeness (QED) is 0.902. The smallest absolute Gasteiger partial charge is 0.376 e. The Labute approximate surface area is 132 Å². The first kappa shape index (κ1) is 16.3. The summed E-state index contributed by atoms with van der Waals surface area (Å²) in [4.78, 5) is 12.1. The van der Waals surface area contributed by atoms with Crippen molar-refractivity contribution in [3.8, 4) is 0 Å². The second kappa shape index (κ2) is 6.14. The average Bonchev–Trinajstić information content (AvgIpc) is 3.00. The summed E-state index contributed by atoms with van der Waals surface area (Å²) >= 11 is 0. The van der Waals surface area contributed by atoms with E-state index in [0.717, 1.165) is 31.7 Å². The topological polar surface area (TPSA) is 56.2 Å². The molecule has 1 saturated heterocycles. The van der Waals surface area contributed by atoms with Gasteiger partial charge in [-0.05, 0) is 38.7 Å². The lowest BCUT2D eigenvalue weighted by molar-refractivity contribution is -0.141. The van der Waals surface area contributed by atoms with E-state index in [9.17, 15) is 18.0 Å². The van der Waals surface area contributed by atoms with Gasteiger partial charge in [0, 0.05) is 18.2 Å². The molecular formula is C15H20F3N3O2. The van der Waals surface area contributed by atoms with E-state index in [1.807, 2.05) is 6.92 Å². The molecule has 0 aromatic carbocycles. The first-order valence-corrected chi connectivity index (χ1v) is 7.90. The van der Waals surface area contributed by atoms with Crippen LogP contribution in [0.5, 0.6) is 0 Å². The summed E-state index contributed by atoms with van der Waals surface area (Å²) in [6.07, 6.45) is -0.978. The summed E-state index contributed by atoms with van der Waals surface area (Å²) in [6.45, 7) is 2.34. The maximum absolute atomic E-state index is 12.8. The van der Waals surface area contributed by atoms with Crippen molar-refractivity contribution in [2.45, 2.75) is 63.4 Å². The van der Waals surface area contributed by atoms with Gasteiger partial charge in [0.25, 0.3) is 0 Å². The molecule has 8 heteroatoms. The number of hydrogen-bond acceptors (Lipinski definition) is 3. The fourth-order valence-corrected chi connectivity index (χ4v) is 2.93. The molecule has 1 saturated carbocycles. The molecular weight excluding hydrogens is 311 g/mol. The molecule has 1 N–H and O–H groups in total. The van der Waals surface area contributed by atoms with Crippen molar-refractivity contribution in [3.05, 3.63) is 17.5 Å². The standard InChI is InChI=1S/C15H20F3N3O2/c1-9(12-3-2-6-23-12)19-14(22)8-21-11(10-4-5-10)7-13(20-21)15(16,17)18/h7,9-10,12H,2-6,8H2,1H3,(H,19,22)/t9-,12+/m1/s1. The highest BCUT2D eigenvalue weighted by Crippen LogP contribution is 2.42. The molecule has 128 valence electrons. The van der Waals surface area contributed by atoms with Gasteiger partial charge in [-0.25, -0.2) is 0 Å². The van der Waals surface area contributed by atoms with Crippen LogP contribution in [0.15, 0.2) is 6.07 Å².